The third-order valence-electron chi connectivity index (χ3n) is 7.06. The number of hydrogen-bond acceptors (Lipinski definition) is 2. The van der Waals surface area contributed by atoms with Crippen molar-refractivity contribution in [3.05, 3.63) is 59.8 Å². The van der Waals surface area contributed by atoms with E-state index in [0.717, 1.165) is 25.4 Å². The number of aromatic nitrogens is 1. The summed E-state index contributed by atoms with van der Waals surface area (Å²) in [6.45, 7) is 2.24. The Bertz CT molecular complexity index is 970. The van der Waals surface area contributed by atoms with Gasteiger partial charge in [0, 0.05) is 29.2 Å². The Kier molecular flexibility index (Phi) is 5.43. The van der Waals surface area contributed by atoms with Gasteiger partial charge >= 0.3 is 0 Å². The zero-order valence-electron chi connectivity index (χ0n) is 17.2. The molecule has 3 nitrogen and oxygen atoms in total. The van der Waals surface area contributed by atoms with Crippen molar-refractivity contribution in [2.24, 2.45) is 0 Å². The van der Waals surface area contributed by atoms with Crippen LogP contribution in [0.2, 0.25) is 0 Å². The van der Waals surface area contributed by atoms with Crippen molar-refractivity contribution < 1.29 is 5.11 Å². The van der Waals surface area contributed by atoms with Crippen LogP contribution in [0.3, 0.4) is 0 Å². The molecule has 1 aromatic heterocycles. The van der Waals surface area contributed by atoms with Crippen molar-refractivity contribution in [1.29, 1.82) is 0 Å². The van der Waals surface area contributed by atoms with Gasteiger partial charge in [-0.3, -0.25) is 4.90 Å². The fourth-order valence-electron chi connectivity index (χ4n) is 5.39. The summed E-state index contributed by atoms with van der Waals surface area (Å²) in [7, 11) is 0. The highest BCUT2D eigenvalue weighted by Gasteiger charge is 2.24. The lowest BCUT2D eigenvalue weighted by molar-refractivity contribution is 0.152. The van der Waals surface area contributed by atoms with Crippen molar-refractivity contribution in [2.75, 3.05) is 13.2 Å². The van der Waals surface area contributed by atoms with E-state index in [1.54, 1.807) is 0 Å². The van der Waals surface area contributed by atoms with E-state index in [-0.39, 0.29) is 6.61 Å². The molecule has 1 aliphatic carbocycles. The average Bonchev–Trinajstić information content (AvgIpc) is 3.40. The molecule has 0 spiro atoms. The Balaban J connectivity index is 1.38. The number of H-pyrrole nitrogens is 1. The van der Waals surface area contributed by atoms with Crippen LogP contribution in [-0.2, 0) is 6.54 Å². The number of benzene rings is 2. The number of hydrogen-bond donors (Lipinski definition) is 2. The van der Waals surface area contributed by atoms with E-state index in [9.17, 15) is 5.11 Å². The van der Waals surface area contributed by atoms with E-state index < -0.39 is 0 Å². The van der Waals surface area contributed by atoms with Gasteiger partial charge in [0.05, 0.1) is 6.61 Å². The van der Waals surface area contributed by atoms with Crippen LogP contribution >= 0.6 is 0 Å². The molecule has 3 heteroatoms. The molecule has 1 saturated carbocycles. The van der Waals surface area contributed by atoms with Gasteiger partial charge in [-0.2, -0.15) is 0 Å². The summed E-state index contributed by atoms with van der Waals surface area (Å²) in [5.74, 6) is 0.742. The zero-order valence-corrected chi connectivity index (χ0v) is 17.2. The van der Waals surface area contributed by atoms with Crippen LogP contribution in [0.1, 0.15) is 62.1 Å². The van der Waals surface area contributed by atoms with Gasteiger partial charge in [-0.15, -0.1) is 0 Å². The third kappa shape index (κ3) is 3.99. The molecule has 2 N–H and O–H groups in total. The van der Waals surface area contributed by atoms with Gasteiger partial charge < -0.3 is 10.1 Å². The van der Waals surface area contributed by atoms with Crippen LogP contribution in [0.15, 0.2) is 48.5 Å². The topological polar surface area (TPSA) is 39.3 Å². The van der Waals surface area contributed by atoms with Crippen LogP contribution in [0.4, 0.5) is 0 Å². The molecule has 1 unspecified atom stereocenters. The highest BCUT2D eigenvalue weighted by Crippen LogP contribution is 2.35. The smallest absolute Gasteiger partial charge is 0.0587 e. The summed E-state index contributed by atoms with van der Waals surface area (Å²) in [5.41, 5.74) is 6.59. The average molecular weight is 389 g/mol. The molecule has 3 aromatic rings. The predicted octanol–water partition coefficient (Wildman–Crippen LogP) is 5.84. The van der Waals surface area contributed by atoms with Gasteiger partial charge in [-0.1, -0.05) is 49.6 Å². The molecule has 0 amide bonds. The van der Waals surface area contributed by atoms with Gasteiger partial charge in [0.1, 0.15) is 0 Å². The first-order valence-corrected chi connectivity index (χ1v) is 11.4. The molecule has 2 heterocycles. The minimum atomic E-state index is 0.266. The molecule has 2 aliphatic rings. The minimum Gasteiger partial charge on any atom is -0.395 e. The first kappa shape index (κ1) is 18.9. The fraction of sp³-hybridized carbons (Fsp3) is 0.462. The standard InChI is InChI=1S/C26H32N2O/c29-18-25-10-5-13-28(25)17-24-16-23-15-22(11-12-26(23)27-24)21-9-4-8-20(14-21)19-6-2-1-3-7-19/h4,8-9,11-12,14-16,19,25,27,29H,1-3,5-7,10,13,17-18H2. The highest BCUT2D eigenvalue weighted by molar-refractivity contribution is 5.86. The minimum absolute atomic E-state index is 0.266. The maximum absolute atomic E-state index is 9.58. The second-order valence-corrected chi connectivity index (χ2v) is 9.01. The van der Waals surface area contributed by atoms with Gasteiger partial charge in [0.25, 0.3) is 0 Å². The van der Waals surface area contributed by atoms with Crippen molar-refractivity contribution in [2.45, 2.75) is 63.5 Å². The second-order valence-electron chi connectivity index (χ2n) is 9.01. The molecule has 29 heavy (non-hydrogen) atoms. The molecule has 2 aromatic carbocycles. The molecular weight excluding hydrogens is 356 g/mol. The number of fused-ring (bicyclic) bond motifs is 1. The van der Waals surface area contributed by atoms with E-state index in [2.05, 4.69) is 58.4 Å². The number of aliphatic hydroxyl groups is 1. The number of nitrogens with zero attached hydrogens (tertiary/aromatic N) is 1. The molecule has 2 fully saturated rings. The van der Waals surface area contributed by atoms with Crippen LogP contribution < -0.4 is 0 Å². The molecule has 1 aliphatic heterocycles. The Morgan fingerprint density at radius 1 is 0.897 bits per heavy atom. The van der Waals surface area contributed by atoms with Crippen LogP contribution in [0.5, 0.6) is 0 Å². The number of nitrogens with one attached hydrogen (secondary N) is 1. The van der Waals surface area contributed by atoms with Crippen LogP contribution in [0, 0.1) is 0 Å². The Morgan fingerprint density at radius 2 is 1.76 bits per heavy atom. The first-order chi connectivity index (χ1) is 14.3. The monoisotopic (exact) mass is 388 g/mol. The van der Waals surface area contributed by atoms with Crippen LogP contribution in [0.25, 0.3) is 22.0 Å². The summed E-state index contributed by atoms with van der Waals surface area (Å²) in [6.07, 6.45) is 9.14. The lowest BCUT2D eigenvalue weighted by Crippen LogP contribution is -2.31. The maximum atomic E-state index is 9.58. The summed E-state index contributed by atoms with van der Waals surface area (Å²) in [5, 5.41) is 10.9. The lowest BCUT2D eigenvalue weighted by Gasteiger charge is -2.22. The largest absolute Gasteiger partial charge is 0.395 e. The number of likely N-dealkylation sites (tertiary alicyclic amines) is 1. The SMILES string of the molecule is OCC1CCCN1Cc1cc2cc(-c3cccc(C4CCCCC4)c3)ccc2[nH]1. The zero-order chi connectivity index (χ0) is 19.6. The van der Waals surface area contributed by atoms with E-state index in [1.165, 1.54) is 71.8 Å². The molecule has 0 bridgehead atoms. The van der Waals surface area contributed by atoms with Gasteiger partial charge in [0.2, 0.25) is 0 Å². The first-order valence-electron chi connectivity index (χ1n) is 11.4. The predicted molar refractivity (Wildman–Crippen MR) is 120 cm³/mol. The Labute approximate surface area is 173 Å². The lowest BCUT2D eigenvalue weighted by atomic mass is 9.83. The second kappa shape index (κ2) is 8.33. The van der Waals surface area contributed by atoms with Gasteiger partial charge in [-0.25, -0.2) is 0 Å². The summed E-state index contributed by atoms with van der Waals surface area (Å²) >= 11 is 0. The van der Waals surface area contributed by atoms with Crippen LogP contribution in [-0.4, -0.2) is 34.2 Å². The normalized spacial score (nSPS) is 21.2. The number of aliphatic hydroxyl groups excluding tert-OH is 1. The van der Waals surface area contributed by atoms with Crippen molar-refractivity contribution in [1.82, 2.24) is 9.88 Å². The summed E-state index contributed by atoms with van der Waals surface area (Å²) < 4.78 is 0. The van der Waals surface area contributed by atoms with Crippen molar-refractivity contribution >= 4 is 10.9 Å². The summed E-state index contributed by atoms with van der Waals surface area (Å²) in [4.78, 5) is 5.99. The maximum Gasteiger partial charge on any atom is 0.0587 e. The Hall–Kier alpha value is -2.10. The molecule has 1 atom stereocenters. The Morgan fingerprint density at radius 3 is 2.62 bits per heavy atom. The van der Waals surface area contributed by atoms with E-state index in [1.807, 2.05) is 0 Å². The van der Waals surface area contributed by atoms with E-state index in [4.69, 9.17) is 0 Å². The van der Waals surface area contributed by atoms with E-state index in [0.29, 0.717) is 6.04 Å². The van der Waals surface area contributed by atoms with E-state index >= 15 is 0 Å². The van der Waals surface area contributed by atoms with Crippen molar-refractivity contribution in [3.63, 3.8) is 0 Å². The van der Waals surface area contributed by atoms with Gasteiger partial charge in [0.15, 0.2) is 0 Å². The number of rotatable bonds is 5. The van der Waals surface area contributed by atoms with Gasteiger partial charge in [-0.05, 0) is 73.0 Å². The number of aromatic amines is 1. The molecule has 5 rings (SSSR count). The molecule has 1 saturated heterocycles. The fourth-order valence-corrected chi connectivity index (χ4v) is 5.39. The molecule has 152 valence electrons. The third-order valence-corrected chi connectivity index (χ3v) is 7.06. The quantitative estimate of drug-likeness (QED) is 0.576. The summed E-state index contributed by atoms with van der Waals surface area (Å²) in [6, 6.07) is 18.6. The molecule has 0 radical (unpaired) electrons. The molecular formula is C26H32N2O. The highest BCUT2D eigenvalue weighted by atomic mass is 16.3. The van der Waals surface area contributed by atoms with Crippen molar-refractivity contribution in [3.8, 4) is 11.1 Å².